The van der Waals surface area contributed by atoms with Gasteiger partial charge in [0, 0.05) is 63.8 Å². The third-order valence-corrected chi connectivity index (χ3v) is 6.96. The van der Waals surface area contributed by atoms with Gasteiger partial charge >= 0.3 is 0 Å². The molecule has 2 aliphatic rings. The molecule has 3 aromatic rings. The van der Waals surface area contributed by atoms with Crippen LogP contribution in [0.5, 0.6) is 0 Å². The molecule has 2 saturated heterocycles. The second kappa shape index (κ2) is 10.7. The van der Waals surface area contributed by atoms with E-state index in [-0.39, 0.29) is 5.92 Å². The minimum absolute atomic E-state index is 0.0336. The average Bonchev–Trinajstić information content (AvgIpc) is 2.93. The van der Waals surface area contributed by atoms with E-state index in [9.17, 15) is 4.79 Å². The van der Waals surface area contributed by atoms with Crippen LogP contribution in [0.4, 0.5) is 5.82 Å². The SMILES string of the molecule is O=C(C1CCCN(c2ccc(-c3ccncc3)nn2)C1)N1CCN(CCc2ccccc2)CC1. The second-order valence-corrected chi connectivity index (χ2v) is 9.20. The molecule has 34 heavy (non-hydrogen) atoms. The van der Waals surface area contributed by atoms with Gasteiger partial charge in [0.1, 0.15) is 0 Å². The Balaban J connectivity index is 1.12. The lowest BCUT2D eigenvalue weighted by Crippen LogP contribution is -2.52. The van der Waals surface area contributed by atoms with Gasteiger partial charge < -0.3 is 9.80 Å². The molecule has 1 aromatic carbocycles. The normalized spacial score (nSPS) is 19.2. The molecule has 0 aliphatic carbocycles. The standard InChI is InChI=1S/C27H32N6O/c34-27(32-19-17-31(18-20-32)16-12-22-5-2-1-3-6-22)24-7-4-15-33(21-24)26-9-8-25(29-30-26)23-10-13-28-14-11-23/h1-3,5-6,8-11,13-14,24H,4,7,12,15-21H2. The van der Waals surface area contributed by atoms with Gasteiger partial charge in [0.05, 0.1) is 11.6 Å². The van der Waals surface area contributed by atoms with E-state index in [2.05, 4.69) is 60.2 Å². The van der Waals surface area contributed by atoms with Crippen molar-refractivity contribution in [2.45, 2.75) is 19.3 Å². The molecule has 2 aromatic heterocycles. The zero-order valence-electron chi connectivity index (χ0n) is 19.6. The van der Waals surface area contributed by atoms with Crippen molar-refractivity contribution in [2.75, 3.05) is 50.7 Å². The molecule has 0 saturated carbocycles. The van der Waals surface area contributed by atoms with Crippen molar-refractivity contribution in [1.29, 1.82) is 0 Å². The smallest absolute Gasteiger partial charge is 0.227 e. The van der Waals surface area contributed by atoms with Crippen molar-refractivity contribution in [1.82, 2.24) is 25.0 Å². The first kappa shape index (κ1) is 22.5. The fourth-order valence-electron chi connectivity index (χ4n) is 4.94. The van der Waals surface area contributed by atoms with Crippen LogP contribution in [-0.2, 0) is 11.2 Å². The molecular weight excluding hydrogens is 424 g/mol. The summed E-state index contributed by atoms with van der Waals surface area (Å²) in [6.07, 6.45) is 6.53. The van der Waals surface area contributed by atoms with Crippen molar-refractivity contribution in [3.05, 3.63) is 72.6 Å². The van der Waals surface area contributed by atoms with Gasteiger partial charge in [-0.05, 0) is 49.1 Å². The molecule has 5 rings (SSSR count). The Labute approximate surface area is 201 Å². The quantitative estimate of drug-likeness (QED) is 0.568. The summed E-state index contributed by atoms with van der Waals surface area (Å²) in [7, 11) is 0. The van der Waals surface area contributed by atoms with E-state index >= 15 is 0 Å². The topological polar surface area (TPSA) is 65.5 Å². The number of benzene rings is 1. The Hall–Kier alpha value is -3.32. The van der Waals surface area contributed by atoms with E-state index in [0.717, 1.165) is 82.2 Å². The first-order valence-electron chi connectivity index (χ1n) is 12.3. The van der Waals surface area contributed by atoms with Gasteiger partial charge in [0.25, 0.3) is 0 Å². The zero-order valence-corrected chi connectivity index (χ0v) is 19.6. The van der Waals surface area contributed by atoms with Gasteiger partial charge in [-0.2, -0.15) is 0 Å². The first-order chi connectivity index (χ1) is 16.8. The molecule has 0 N–H and O–H groups in total. The molecule has 2 aliphatic heterocycles. The summed E-state index contributed by atoms with van der Waals surface area (Å²) in [4.78, 5) is 24.1. The minimum Gasteiger partial charge on any atom is -0.354 e. The highest BCUT2D eigenvalue weighted by atomic mass is 16.2. The van der Waals surface area contributed by atoms with Gasteiger partial charge in [0.2, 0.25) is 5.91 Å². The number of amides is 1. The number of anilines is 1. The van der Waals surface area contributed by atoms with Crippen LogP contribution >= 0.6 is 0 Å². The van der Waals surface area contributed by atoms with Crippen LogP contribution in [0.25, 0.3) is 11.3 Å². The molecule has 0 spiro atoms. The molecule has 7 nitrogen and oxygen atoms in total. The summed E-state index contributed by atoms with van der Waals surface area (Å²) in [5.74, 6) is 1.18. The molecule has 2 fully saturated rings. The van der Waals surface area contributed by atoms with Gasteiger partial charge in [-0.1, -0.05) is 30.3 Å². The maximum Gasteiger partial charge on any atom is 0.227 e. The Morgan fingerprint density at radius 3 is 2.41 bits per heavy atom. The van der Waals surface area contributed by atoms with E-state index in [1.165, 1.54) is 5.56 Å². The highest BCUT2D eigenvalue weighted by Gasteiger charge is 2.31. The molecule has 176 valence electrons. The van der Waals surface area contributed by atoms with Crippen molar-refractivity contribution in [2.24, 2.45) is 5.92 Å². The van der Waals surface area contributed by atoms with E-state index in [4.69, 9.17) is 0 Å². The molecule has 1 unspecified atom stereocenters. The molecule has 7 heteroatoms. The number of rotatable bonds is 6. The van der Waals surface area contributed by atoms with Crippen LogP contribution in [0.15, 0.2) is 67.0 Å². The number of hydrogen-bond acceptors (Lipinski definition) is 6. The molecule has 1 amide bonds. The zero-order chi connectivity index (χ0) is 23.2. The fraction of sp³-hybridized carbons (Fsp3) is 0.407. The Morgan fingerprint density at radius 1 is 0.882 bits per heavy atom. The number of hydrogen-bond donors (Lipinski definition) is 0. The van der Waals surface area contributed by atoms with Gasteiger partial charge in [-0.15, -0.1) is 10.2 Å². The summed E-state index contributed by atoms with van der Waals surface area (Å²) in [5, 5.41) is 8.88. The number of piperazine rings is 1. The number of nitrogens with zero attached hydrogens (tertiary/aromatic N) is 6. The summed E-state index contributed by atoms with van der Waals surface area (Å²) < 4.78 is 0. The largest absolute Gasteiger partial charge is 0.354 e. The lowest BCUT2D eigenvalue weighted by Gasteiger charge is -2.39. The maximum absolute atomic E-state index is 13.3. The molecular formula is C27H32N6O. The van der Waals surface area contributed by atoms with Crippen LogP contribution < -0.4 is 4.90 Å². The second-order valence-electron chi connectivity index (χ2n) is 9.20. The minimum atomic E-state index is 0.0336. The number of aromatic nitrogens is 3. The lowest BCUT2D eigenvalue weighted by molar-refractivity contribution is -0.137. The summed E-state index contributed by atoms with van der Waals surface area (Å²) in [6.45, 7) is 6.25. The highest BCUT2D eigenvalue weighted by Crippen LogP contribution is 2.25. The van der Waals surface area contributed by atoms with Gasteiger partial charge in [0.15, 0.2) is 5.82 Å². The van der Waals surface area contributed by atoms with E-state index in [1.807, 2.05) is 24.3 Å². The van der Waals surface area contributed by atoms with Crippen LogP contribution in [-0.4, -0.2) is 76.7 Å². The van der Waals surface area contributed by atoms with E-state index in [1.54, 1.807) is 12.4 Å². The van der Waals surface area contributed by atoms with Crippen molar-refractivity contribution in [3.8, 4) is 11.3 Å². The first-order valence-corrected chi connectivity index (χ1v) is 12.3. The average molecular weight is 457 g/mol. The Bertz CT molecular complexity index is 1050. The van der Waals surface area contributed by atoms with Crippen LogP contribution in [0.2, 0.25) is 0 Å². The fourth-order valence-corrected chi connectivity index (χ4v) is 4.94. The summed E-state index contributed by atoms with van der Waals surface area (Å²) >= 11 is 0. The van der Waals surface area contributed by atoms with Crippen LogP contribution in [0.3, 0.4) is 0 Å². The molecule has 4 heterocycles. The number of piperidine rings is 1. The highest BCUT2D eigenvalue weighted by molar-refractivity contribution is 5.80. The third kappa shape index (κ3) is 5.42. The molecule has 0 bridgehead atoms. The van der Waals surface area contributed by atoms with Crippen molar-refractivity contribution in [3.63, 3.8) is 0 Å². The predicted octanol–water partition coefficient (Wildman–Crippen LogP) is 3.14. The predicted molar refractivity (Wildman–Crippen MR) is 133 cm³/mol. The summed E-state index contributed by atoms with van der Waals surface area (Å²) in [5.41, 5.74) is 3.21. The number of carbonyl (C=O) groups excluding carboxylic acids is 1. The van der Waals surface area contributed by atoms with E-state index < -0.39 is 0 Å². The monoisotopic (exact) mass is 456 g/mol. The Morgan fingerprint density at radius 2 is 1.68 bits per heavy atom. The van der Waals surface area contributed by atoms with E-state index in [0.29, 0.717) is 5.91 Å². The number of pyridine rings is 1. The Kier molecular flexibility index (Phi) is 7.10. The molecule has 0 radical (unpaired) electrons. The van der Waals surface area contributed by atoms with Crippen molar-refractivity contribution >= 4 is 11.7 Å². The lowest BCUT2D eigenvalue weighted by atomic mass is 9.96. The van der Waals surface area contributed by atoms with Crippen LogP contribution in [0.1, 0.15) is 18.4 Å². The van der Waals surface area contributed by atoms with Crippen molar-refractivity contribution < 1.29 is 4.79 Å². The molecule has 1 atom stereocenters. The van der Waals surface area contributed by atoms with Gasteiger partial charge in [-0.3, -0.25) is 14.7 Å². The number of carbonyl (C=O) groups is 1. The maximum atomic E-state index is 13.3. The third-order valence-electron chi connectivity index (χ3n) is 6.96. The van der Waals surface area contributed by atoms with Crippen LogP contribution in [0, 0.1) is 5.92 Å². The summed E-state index contributed by atoms with van der Waals surface area (Å²) in [6, 6.07) is 18.5. The van der Waals surface area contributed by atoms with Gasteiger partial charge in [-0.25, -0.2) is 0 Å².